The normalized spacial score (nSPS) is 15.7. The lowest BCUT2D eigenvalue weighted by molar-refractivity contribution is -0.193. The van der Waals surface area contributed by atoms with Crippen LogP contribution in [0.5, 0.6) is 0 Å². The molecule has 0 amide bonds. The first kappa shape index (κ1) is 38.0. The van der Waals surface area contributed by atoms with E-state index in [-0.39, 0.29) is 0 Å². The number of aliphatic carboxylic acids is 3. The molecule has 2 aliphatic rings. The molecule has 0 aliphatic carbocycles. The highest BCUT2D eigenvalue weighted by atomic mass is 19.4. The first-order valence-corrected chi connectivity index (χ1v) is 12.4. The zero-order valence-corrected chi connectivity index (χ0v) is 22.5. The van der Waals surface area contributed by atoms with E-state index in [1.54, 1.807) is 0 Å². The Hall–Kier alpha value is -4.01. The molecule has 0 spiro atoms. The quantitative estimate of drug-likeness (QED) is 0.414. The van der Waals surface area contributed by atoms with Crippen molar-refractivity contribution in [1.82, 2.24) is 29.8 Å². The number of aromatic nitrogens is 4. The predicted octanol–water partition coefficient (Wildman–Crippen LogP) is 3.57. The molecule has 12 nitrogen and oxygen atoms in total. The maximum atomic E-state index is 10.6. The van der Waals surface area contributed by atoms with Crippen molar-refractivity contribution in [2.75, 3.05) is 19.6 Å². The highest BCUT2D eigenvalue weighted by Gasteiger charge is 2.39. The molecule has 4 heterocycles. The van der Waals surface area contributed by atoms with Gasteiger partial charge in [0.05, 0.1) is 5.69 Å². The van der Waals surface area contributed by atoms with E-state index in [4.69, 9.17) is 29.7 Å². The van der Waals surface area contributed by atoms with E-state index in [1.807, 2.05) is 18.5 Å². The van der Waals surface area contributed by atoms with Gasteiger partial charge in [-0.1, -0.05) is 11.3 Å². The average Bonchev–Trinajstić information content (AvgIpc) is 3.50. The van der Waals surface area contributed by atoms with Gasteiger partial charge in [0.25, 0.3) is 0 Å². The second-order valence-electron chi connectivity index (χ2n) is 9.02. The average molecular weight is 654 g/mol. The Bertz CT molecular complexity index is 1140. The highest BCUT2D eigenvalue weighted by Crippen LogP contribution is 2.20. The SMILES string of the molecule is O=C(O)C(F)(F)F.O=C(O)C(F)(F)F.O=C(O)C(F)(F)F.c1cncc(CN2CCCn3nnc(CN4CCCC4)c3C2)c1. The van der Waals surface area contributed by atoms with Gasteiger partial charge in [0.2, 0.25) is 0 Å². The molecule has 1 saturated heterocycles. The van der Waals surface area contributed by atoms with Crippen molar-refractivity contribution in [1.29, 1.82) is 0 Å². The summed E-state index contributed by atoms with van der Waals surface area (Å²) in [7, 11) is 0. The van der Waals surface area contributed by atoms with Gasteiger partial charge in [-0.3, -0.25) is 14.8 Å². The third-order valence-corrected chi connectivity index (χ3v) is 5.56. The largest absolute Gasteiger partial charge is 0.490 e. The Balaban J connectivity index is 0.000000379. The van der Waals surface area contributed by atoms with Gasteiger partial charge < -0.3 is 15.3 Å². The van der Waals surface area contributed by atoms with Crippen molar-refractivity contribution in [3.8, 4) is 0 Å². The third kappa shape index (κ3) is 14.4. The lowest BCUT2D eigenvalue weighted by Crippen LogP contribution is -2.25. The minimum atomic E-state index is -5.08. The first-order valence-electron chi connectivity index (χ1n) is 12.4. The monoisotopic (exact) mass is 654 g/mol. The summed E-state index contributed by atoms with van der Waals surface area (Å²) in [5, 5.41) is 30.3. The number of rotatable bonds is 4. The van der Waals surface area contributed by atoms with Crippen LogP contribution < -0.4 is 0 Å². The molecule has 0 bridgehead atoms. The Kier molecular flexibility index (Phi) is 14.5. The number of aryl methyl sites for hydroxylation is 1. The minimum absolute atomic E-state index is 0.936. The second-order valence-corrected chi connectivity index (χ2v) is 9.02. The van der Waals surface area contributed by atoms with E-state index in [2.05, 4.69) is 35.8 Å². The van der Waals surface area contributed by atoms with Crippen molar-refractivity contribution in [3.05, 3.63) is 41.5 Å². The number of fused-ring (bicyclic) bond motifs is 1. The van der Waals surface area contributed by atoms with E-state index in [1.165, 1.54) is 42.9 Å². The van der Waals surface area contributed by atoms with Crippen LogP contribution in [0, 0.1) is 0 Å². The van der Waals surface area contributed by atoms with Gasteiger partial charge in [0.1, 0.15) is 5.69 Å². The first-order chi connectivity index (χ1) is 20.2. The molecule has 3 N–H and O–H groups in total. The number of hydrogen-bond donors (Lipinski definition) is 3. The van der Waals surface area contributed by atoms with Crippen LogP contribution in [0.3, 0.4) is 0 Å². The van der Waals surface area contributed by atoms with Crippen molar-refractivity contribution < 1.29 is 69.2 Å². The third-order valence-electron chi connectivity index (χ3n) is 5.56. The fraction of sp³-hybridized carbons (Fsp3) is 0.565. The van der Waals surface area contributed by atoms with E-state index < -0.39 is 36.4 Å². The molecule has 0 unspecified atom stereocenters. The van der Waals surface area contributed by atoms with Crippen molar-refractivity contribution >= 4 is 17.9 Å². The molecular weight excluding hydrogens is 627 g/mol. The molecule has 4 rings (SSSR count). The van der Waals surface area contributed by atoms with Crippen LogP contribution in [0.15, 0.2) is 24.5 Å². The molecule has 1 fully saturated rings. The van der Waals surface area contributed by atoms with E-state index >= 15 is 0 Å². The summed E-state index contributed by atoms with van der Waals surface area (Å²) in [6, 6.07) is 4.16. The van der Waals surface area contributed by atoms with Crippen LogP contribution in [-0.2, 0) is 40.6 Å². The van der Waals surface area contributed by atoms with Crippen molar-refractivity contribution in [2.45, 2.75) is 64.0 Å². The summed E-state index contributed by atoms with van der Waals surface area (Å²) in [6.07, 6.45) is -7.70. The minimum Gasteiger partial charge on any atom is -0.475 e. The van der Waals surface area contributed by atoms with Gasteiger partial charge in [-0.2, -0.15) is 39.5 Å². The number of pyridine rings is 1. The summed E-state index contributed by atoms with van der Waals surface area (Å²) in [6.45, 7) is 7.31. The molecule has 44 heavy (non-hydrogen) atoms. The van der Waals surface area contributed by atoms with Crippen LogP contribution in [0.2, 0.25) is 0 Å². The lowest BCUT2D eigenvalue weighted by Gasteiger charge is -2.20. The maximum Gasteiger partial charge on any atom is 0.490 e. The molecule has 0 atom stereocenters. The zero-order chi connectivity index (χ0) is 33.7. The fourth-order valence-electron chi connectivity index (χ4n) is 3.62. The molecule has 21 heteroatoms. The number of carboxylic acid groups (broad SMARTS) is 3. The molecule has 248 valence electrons. The van der Waals surface area contributed by atoms with Crippen LogP contribution in [0.4, 0.5) is 39.5 Å². The van der Waals surface area contributed by atoms with Crippen molar-refractivity contribution in [2.24, 2.45) is 0 Å². The zero-order valence-electron chi connectivity index (χ0n) is 22.5. The number of halogens is 9. The van der Waals surface area contributed by atoms with E-state index in [0.29, 0.717) is 0 Å². The standard InChI is InChI=1S/C17H24N6.3C2HF3O2/c1-2-8-21(7-1)13-16-17-14-22(9-4-10-23(17)20-19-16)12-15-5-3-6-18-11-15;3*3-2(4,5)1(6)7/h3,5-6,11H,1-2,4,7-10,12-14H2;3*(H,6,7). The Morgan fingerprint density at radius 1 is 0.727 bits per heavy atom. The number of carboxylic acids is 3. The van der Waals surface area contributed by atoms with E-state index in [9.17, 15) is 39.5 Å². The van der Waals surface area contributed by atoms with Gasteiger partial charge in [-0.05, 0) is 44.0 Å². The lowest BCUT2D eigenvalue weighted by atomic mass is 10.2. The summed E-state index contributed by atoms with van der Waals surface area (Å²) in [4.78, 5) is 35.9. The van der Waals surface area contributed by atoms with Crippen LogP contribution in [-0.4, -0.2) is 101 Å². The Morgan fingerprint density at radius 3 is 1.64 bits per heavy atom. The Labute approximate surface area is 242 Å². The molecule has 2 aliphatic heterocycles. The molecular formula is C23H27F9N6O6. The maximum absolute atomic E-state index is 10.6. The number of likely N-dealkylation sites (tertiary alicyclic amines) is 1. The second kappa shape index (κ2) is 16.7. The summed E-state index contributed by atoms with van der Waals surface area (Å²) in [5.74, 6) is -8.27. The number of nitrogens with zero attached hydrogens (tertiary/aromatic N) is 6. The smallest absolute Gasteiger partial charge is 0.475 e. The van der Waals surface area contributed by atoms with Crippen LogP contribution in [0.25, 0.3) is 0 Å². The molecule has 0 saturated carbocycles. The van der Waals surface area contributed by atoms with Gasteiger partial charge >= 0.3 is 36.4 Å². The summed E-state index contributed by atoms with van der Waals surface area (Å²) < 4.78 is 97.3. The highest BCUT2D eigenvalue weighted by molar-refractivity contribution is 5.73. The number of hydrogen-bond acceptors (Lipinski definition) is 8. The summed E-state index contributed by atoms with van der Waals surface area (Å²) in [5.41, 5.74) is 3.75. The fourth-order valence-corrected chi connectivity index (χ4v) is 3.62. The van der Waals surface area contributed by atoms with Crippen LogP contribution in [0.1, 0.15) is 36.2 Å². The van der Waals surface area contributed by atoms with Gasteiger partial charge in [-0.25, -0.2) is 19.1 Å². The van der Waals surface area contributed by atoms with Crippen molar-refractivity contribution in [3.63, 3.8) is 0 Å². The summed E-state index contributed by atoms with van der Waals surface area (Å²) >= 11 is 0. The molecule has 2 aromatic heterocycles. The molecule has 2 aromatic rings. The number of carbonyl (C=O) groups is 3. The van der Waals surface area contributed by atoms with Gasteiger partial charge in [0, 0.05) is 45.1 Å². The van der Waals surface area contributed by atoms with Gasteiger partial charge in [-0.15, -0.1) is 5.10 Å². The molecule has 0 radical (unpaired) electrons. The predicted molar refractivity (Wildman–Crippen MR) is 129 cm³/mol. The molecule has 0 aromatic carbocycles. The van der Waals surface area contributed by atoms with Gasteiger partial charge in [0.15, 0.2) is 0 Å². The van der Waals surface area contributed by atoms with E-state index in [0.717, 1.165) is 39.1 Å². The van der Waals surface area contributed by atoms with Crippen LogP contribution >= 0.6 is 0 Å². The Morgan fingerprint density at radius 2 is 1.20 bits per heavy atom. The topological polar surface area (TPSA) is 162 Å². The number of alkyl halides is 9.